The summed E-state index contributed by atoms with van der Waals surface area (Å²) < 4.78 is 14.2. The molecule has 0 aromatic heterocycles. The maximum atomic E-state index is 14.2. The fourth-order valence-electron chi connectivity index (χ4n) is 2.20. The lowest BCUT2D eigenvalue weighted by molar-refractivity contribution is -0.385. The smallest absolute Gasteiger partial charge is 0.282 e. The van der Waals surface area contributed by atoms with Crippen LogP contribution in [0.3, 0.4) is 0 Å². The third-order valence-electron chi connectivity index (χ3n) is 3.55. The first kappa shape index (κ1) is 19.6. The van der Waals surface area contributed by atoms with Crippen LogP contribution in [0.25, 0.3) is 0 Å². The molecule has 0 spiro atoms. The van der Waals surface area contributed by atoms with Crippen molar-refractivity contribution in [1.82, 2.24) is 5.06 Å². The van der Waals surface area contributed by atoms with Crippen LogP contribution in [-0.4, -0.2) is 29.0 Å². The maximum absolute atomic E-state index is 14.2. The number of rotatable bonds is 7. The minimum absolute atomic E-state index is 0.0399. The van der Waals surface area contributed by atoms with Gasteiger partial charge in [-0.1, -0.05) is 23.7 Å². The number of para-hydroxylation sites is 1. The summed E-state index contributed by atoms with van der Waals surface area (Å²) in [4.78, 5) is 28.3. The highest BCUT2D eigenvalue weighted by Gasteiger charge is 2.21. The summed E-state index contributed by atoms with van der Waals surface area (Å²) in [5.41, 5.74) is -0.753. The zero-order chi connectivity index (χ0) is 19.3. The van der Waals surface area contributed by atoms with Gasteiger partial charge >= 0.3 is 0 Å². The van der Waals surface area contributed by atoms with Crippen LogP contribution in [0.15, 0.2) is 36.4 Å². The first-order valence-corrected chi connectivity index (χ1v) is 8.21. The Kier molecular flexibility index (Phi) is 6.48. The molecule has 0 unspecified atom stereocenters. The van der Waals surface area contributed by atoms with Gasteiger partial charge in [-0.25, -0.2) is 4.39 Å². The van der Waals surface area contributed by atoms with E-state index in [1.165, 1.54) is 30.3 Å². The Morgan fingerprint density at radius 2 is 1.96 bits per heavy atom. The molecule has 0 aliphatic carbocycles. The van der Waals surface area contributed by atoms with Gasteiger partial charge in [-0.05, 0) is 26.0 Å². The van der Waals surface area contributed by atoms with Gasteiger partial charge in [0.25, 0.3) is 11.6 Å². The number of anilines is 1. The lowest BCUT2D eigenvalue weighted by atomic mass is 10.1. The lowest BCUT2D eigenvalue weighted by Crippen LogP contribution is -2.27. The molecule has 0 aliphatic heterocycles. The molecule has 2 rings (SSSR count). The molecule has 2 aromatic rings. The molecule has 2 aromatic carbocycles. The molecule has 0 atom stereocenters. The standard InChI is InChI=1S/C17H17ClFN3O4/c1-3-21(4-2)26-16-10-14(13(19)9-12(16)18)20-17(23)11-7-5-6-8-15(11)22(24)25/h5-10H,3-4H2,1-2H3,(H,20,23). The molecule has 0 bridgehead atoms. The number of nitro benzene ring substituents is 1. The van der Waals surface area contributed by atoms with Crippen molar-refractivity contribution in [2.75, 3.05) is 18.4 Å². The molecule has 0 radical (unpaired) electrons. The van der Waals surface area contributed by atoms with Gasteiger partial charge < -0.3 is 10.2 Å². The van der Waals surface area contributed by atoms with E-state index < -0.39 is 16.6 Å². The number of nitrogens with zero attached hydrogens (tertiary/aromatic N) is 2. The molecule has 1 N–H and O–H groups in total. The molecular formula is C17H17ClFN3O4. The van der Waals surface area contributed by atoms with Crippen molar-refractivity contribution < 1.29 is 18.9 Å². The van der Waals surface area contributed by atoms with Crippen molar-refractivity contribution >= 4 is 28.9 Å². The van der Waals surface area contributed by atoms with E-state index in [1.54, 1.807) is 5.06 Å². The van der Waals surface area contributed by atoms with Crippen molar-refractivity contribution in [1.29, 1.82) is 0 Å². The molecule has 7 nitrogen and oxygen atoms in total. The van der Waals surface area contributed by atoms with Gasteiger partial charge in [-0.2, -0.15) is 0 Å². The van der Waals surface area contributed by atoms with E-state index in [0.717, 1.165) is 6.07 Å². The third-order valence-corrected chi connectivity index (χ3v) is 3.84. The second kappa shape index (κ2) is 8.59. The summed E-state index contributed by atoms with van der Waals surface area (Å²) in [6.07, 6.45) is 0. The van der Waals surface area contributed by atoms with Gasteiger partial charge in [0.2, 0.25) is 0 Å². The number of amides is 1. The van der Waals surface area contributed by atoms with E-state index in [0.29, 0.717) is 13.1 Å². The summed E-state index contributed by atoms with van der Waals surface area (Å²) in [5.74, 6) is -1.43. The van der Waals surface area contributed by atoms with Crippen molar-refractivity contribution in [2.45, 2.75) is 13.8 Å². The summed E-state index contributed by atoms with van der Waals surface area (Å²) in [6, 6.07) is 7.65. The number of hydroxylamine groups is 2. The number of nitro groups is 1. The summed E-state index contributed by atoms with van der Waals surface area (Å²) in [6.45, 7) is 4.89. The van der Waals surface area contributed by atoms with Gasteiger partial charge in [-0.15, -0.1) is 5.06 Å². The second-order valence-electron chi connectivity index (χ2n) is 5.20. The minimum Gasteiger partial charge on any atom is -0.404 e. The molecule has 0 aliphatic rings. The van der Waals surface area contributed by atoms with Gasteiger partial charge in [0.05, 0.1) is 15.6 Å². The van der Waals surface area contributed by atoms with Crippen LogP contribution in [-0.2, 0) is 0 Å². The number of nitrogens with one attached hydrogen (secondary N) is 1. The van der Waals surface area contributed by atoms with E-state index in [-0.39, 0.29) is 27.7 Å². The van der Waals surface area contributed by atoms with E-state index >= 15 is 0 Å². The molecule has 26 heavy (non-hydrogen) atoms. The Labute approximate surface area is 154 Å². The van der Waals surface area contributed by atoms with Crippen molar-refractivity contribution in [3.63, 3.8) is 0 Å². The van der Waals surface area contributed by atoms with E-state index in [2.05, 4.69) is 5.32 Å². The van der Waals surface area contributed by atoms with Crippen molar-refractivity contribution in [2.24, 2.45) is 0 Å². The number of hydrogen-bond donors (Lipinski definition) is 1. The van der Waals surface area contributed by atoms with Crippen LogP contribution < -0.4 is 10.2 Å². The molecule has 0 fully saturated rings. The highest BCUT2D eigenvalue weighted by molar-refractivity contribution is 6.32. The monoisotopic (exact) mass is 381 g/mol. The first-order valence-electron chi connectivity index (χ1n) is 7.84. The van der Waals surface area contributed by atoms with Crippen LogP contribution >= 0.6 is 11.6 Å². The molecule has 0 heterocycles. The van der Waals surface area contributed by atoms with Gasteiger partial charge in [0.1, 0.15) is 11.4 Å². The van der Waals surface area contributed by atoms with Gasteiger partial charge in [0, 0.05) is 25.2 Å². The average molecular weight is 382 g/mol. The number of carbonyl (C=O) groups is 1. The fourth-order valence-corrected chi connectivity index (χ4v) is 2.39. The highest BCUT2D eigenvalue weighted by Crippen LogP contribution is 2.31. The molecule has 0 saturated heterocycles. The molecule has 0 saturated carbocycles. The van der Waals surface area contributed by atoms with Gasteiger partial charge in [0.15, 0.2) is 5.75 Å². The van der Waals surface area contributed by atoms with Crippen LogP contribution in [0.5, 0.6) is 5.75 Å². The third kappa shape index (κ3) is 4.47. The quantitative estimate of drug-likeness (QED) is 0.571. The number of halogens is 2. The Morgan fingerprint density at radius 3 is 2.58 bits per heavy atom. The minimum atomic E-state index is -0.813. The van der Waals surface area contributed by atoms with E-state index in [4.69, 9.17) is 16.4 Å². The second-order valence-corrected chi connectivity index (χ2v) is 5.60. The Bertz CT molecular complexity index is 828. The van der Waals surface area contributed by atoms with E-state index in [1.807, 2.05) is 13.8 Å². The molecular weight excluding hydrogens is 365 g/mol. The van der Waals surface area contributed by atoms with Crippen molar-refractivity contribution in [3.05, 3.63) is 62.9 Å². The largest absolute Gasteiger partial charge is 0.404 e. The zero-order valence-corrected chi connectivity index (χ0v) is 14.9. The van der Waals surface area contributed by atoms with Crippen LogP contribution in [0.4, 0.5) is 15.8 Å². The maximum Gasteiger partial charge on any atom is 0.282 e. The number of carbonyl (C=O) groups excluding carboxylic acids is 1. The highest BCUT2D eigenvalue weighted by atomic mass is 35.5. The predicted molar refractivity (Wildman–Crippen MR) is 96.0 cm³/mol. The SMILES string of the molecule is CCN(CC)Oc1cc(NC(=O)c2ccccc2[N+](=O)[O-])c(F)cc1Cl. The average Bonchev–Trinajstić information content (AvgIpc) is 2.62. The zero-order valence-electron chi connectivity index (χ0n) is 14.2. The predicted octanol–water partition coefficient (Wildman–Crippen LogP) is 4.28. The van der Waals surface area contributed by atoms with Crippen molar-refractivity contribution in [3.8, 4) is 5.75 Å². The van der Waals surface area contributed by atoms with Crippen LogP contribution in [0.2, 0.25) is 5.02 Å². The molecule has 9 heteroatoms. The summed E-state index contributed by atoms with van der Waals surface area (Å²) in [5, 5.41) is 15.0. The van der Waals surface area contributed by atoms with E-state index in [9.17, 15) is 19.3 Å². The van der Waals surface area contributed by atoms with Crippen LogP contribution in [0, 0.1) is 15.9 Å². The Morgan fingerprint density at radius 1 is 1.31 bits per heavy atom. The Balaban J connectivity index is 2.32. The molecule has 138 valence electrons. The topological polar surface area (TPSA) is 84.7 Å². The van der Waals surface area contributed by atoms with Crippen LogP contribution in [0.1, 0.15) is 24.2 Å². The lowest BCUT2D eigenvalue weighted by Gasteiger charge is -2.20. The summed E-state index contributed by atoms with van der Waals surface area (Å²) in [7, 11) is 0. The number of hydrogen-bond acceptors (Lipinski definition) is 5. The first-order chi connectivity index (χ1) is 12.4. The normalized spacial score (nSPS) is 10.7. The summed E-state index contributed by atoms with van der Waals surface area (Å²) >= 11 is 5.99. The fraction of sp³-hybridized carbons (Fsp3) is 0.235. The Hall–Kier alpha value is -2.71. The van der Waals surface area contributed by atoms with Gasteiger partial charge in [-0.3, -0.25) is 14.9 Å². The molecule has 1 amide bonds. The number of benzene rings is 2.